The Morgan fingerprint density at radius 1 is 1.00 bits per heavy atom. The van der Waals surface area contributed by atoms with Gasteiger partial charge in [-0.05, 0) is 49.0 Å². The van der Waals surface area contributed by atoms with Crippen molar-refractivity contribution in [3.63, 3.8) is 0 Å². The SMILES string of the molecule is CCn1nc(C(=O)NNC(=O)c2ccc(SC(F)(F)F)cc2)c2ccccc2c1=O. The molecule has 0 fully saturated rings. The molecule has 156 valence electrons. The third-order valence-electron chi connectivity index (χ3n) is 4.02. The van der Waals surface area contributed by atoms with Crippen LogP contribution in [0.1, 0.15) is 27.8 Å². The molecule has 3 rings (SSSR count). The highest BCUT2D eigenvalue weighted by atomic mass is 32.2. The molecule has 0 radical (unpaired) electrons. The minimum Gasteiger partial charge on any atom is -0.267 e. The zero-order chi connectivity index (χ0) is 21.9. The number of hydrogen-bond donors (Lipinski definition) is 2. The summed E-state index contributed by atoms with van der Waals surface area (Å²) in [5.74, 6) is -1.47. The maximum atomic E-state index is 12.6. The molecule has 11 heteroatoms. The summed E-state index contributed by atoms with van der Waals surface area (Å²) in [6, 6.07) is 11.2. The number of hydrogen-bond acceptors (Lipinski definition) is 5. The van der Waals surface area contributed by atoms with Crippen molar-refractivity contribution in [2.75, 3.05) is 0 Å². The molecule has 1 aromatic heterocycles. The maximum absolute atomic E-state index is 12.6. The molecule has 0 unspecified atom stereocenters. The lowest BCUT2D eigenvalue weighted by Gasteiger charge is -2.11. The third kappa shape index (κ3) is 4.79. The van der Waals surface area contributed by atoms with E-state index in [4.69, 9.17) is 0 Å². The lowest BCUT2D eigenvalue weighted by atomic mass is 10.1. The summed E-state index contributed by atoms with van der Waals surface area (Å²) in [4.78, 5) is 37.0. The fourth-order valence-electron chi connectivity index (χ4n) is 2.67. The van der Waals surface area contributed by atoms with Crippen molar-refractivity contribution in [3.8, 4) is 0 Å². The summed E-state index contributed by atoms with van der Waals surface area (Å²) in [6.45, 7) is 1.95. The largest absolute Gasteiger partial charge is 0.446 e. The Labute approximate surface area is 172 Å². The molecule has 0 bridgehead atoms. The average Bonchev–Trinajstić information content (AvgIpc) is 2.71. The highest BCUT2D eigenvalue weighted by Gasteiger charge is 2.29. The van der Waals surface area contributed by atoms with Crippen molar-refractivity contribution in [3.05, 3.63) is 70.1 Å². The number of aryl methyl sites for hydroxylation is 1. The molecule has 2 amide bonds. The van der Waals surface area contributed by atoms with Crippen molar-refractivity contribution in [2.24, 2.45) is 0 Å². The van der Waals surface area contributed by atoms with Gasteiger partial charge in [0.15, 0.2) is 5.69 Å². The molecule has 0 spiro atoms. The number of nitrogens with zero attached hydrogens (tertiary/aromatic N) is 2. The molecule has 0 aliphatic heterocycles. The number of benzene rings is 2. The van der Waals surface area contributed by atoms with Crippen LogP contribution in [0.15, 0.2) is 58.2 Å². The van der Waals surface area contributed by atoms with E-state index in [1.807, 2.05) is 0 Å². The Balaban J connectivity index is 1.75. The highest BCUT2D eigenvalue weighted by molar-refractivity contribution is 8.00. The van der Waals surface area contributed by atoms with Crippen LogP contribution >= 0.6 is 11.8 Å². The zero-order valence-corrected chi connectivity index (χ0v) is 16.3. The smallest absolute Gasteiger partial charge is 0.267 e. The van der Waals surface area contributed by atoms with E-state index in [0.29, 0.717) is 10.8 Å². The lowest BCUT2D eigenvalue weighted by molar-refractivity contribution is -0.0328. The average molecular weight is 436 g/mol. The maximum Gasteiger partial charge on any atom is 0.446 e. The second kappa shape index (κ2) is 8.57. The van der Waals surface area contributed by atoms with Gasteiger partial charge in [-0.3, -0.25) is 25.2 Å². The molecule has 3 aromatic rings. The van der Waals surface area contributed by atoms with Crippen molar-refractivity contribution in [2.45, 2.75) is 23.9 Å². The first-order valence-electron chi connectivity index (χ1n) is 8.66. The predicted molar refractivity (Wildman–Crippen MR) is 105 cm³/mol. The van der Waals surface area contributed by atoms with E-state index in [9.17, 15) is 27.6 Å². The Morgan fingerprint density at radius 3 is 2.20 bits per heavy atom. The van der Waals surface area contributed by atoms with E-state index in [2.05, 4.69) is 16.0 Å². The van der Waals surface area contributed by atoms with Crippen molar-refractivity contribution >= 4 is 34.3 Å². The standard InChI is InChI=1S/C19H15F3N4O3S/c1-2-26-18(29)14-6-4-3-5-13(14)15(25-26)17(28)24-23-16(27)11-7-9-12(10-8-11)30-19(20,21)22/h3-10H,2H2,1H3,(H,23,27)(H,24,28). The van der Waals surface area contributed by atoms with Gasteiger partial charge >= 0.3 is 5.51 Å². The van der Waals surface area contributed by atoms with Gasteiger partial charge in [-0.1, -0.05) is 18.2 Å². The van der Waals surface area contributed by atoms with E-state index in [1.54, 1.807) is 31.2 Å². The van der Waals surface area contributed by atoms with Crippen LogP contribution in [0.4, 0.5) is 13.2 Å². The fourth-order valence-corrected chi connectivity index (χ4v) is 3.21. The summed E-state index contributed by atoms with van der Waals surface area (Å²) in [7, 11) is 0. The number of amides is 2. The Hall–Kier alpha value is -3.34. The van der Waals surface area contributed by atoms with Gasteiger partial charge in [0.05, 0.1) is 5.39 Å². The Bertz CT molecular complexity index is 1160. The van der Waals surface area contributed by atoms with Gasteiger partial charge in [0, 0.05) is 22.4 Å². The number of rotatable bonds is 4. The van der Waals surface area contributed by atoms with E-state index in [0.717, 1.165) is 16.8 Å². The number of alkyl halides is 3. The summed E-state index contributed by atoms with van der Waals surface area (Å²) in [5.41, 5.74) is -0.370. The number of hydrazine groups is 1. The number of carbonyl (C=O) groups excluding carboxylic acids is 2. The van der Waals surface area contributed by atoms with Crippen LogP contribution in [-0.2, 0) is 6.54 Å². The van der Waals surface area contributed by atoms with Crippen LogP contribution in [-0.4, -0.2) is 27.1 Å². The number of aromatic nitrogens is 2. The van der Waals surface area contributed by atoms with E-state index < -0.39 is 17.3 Å². The molecule has 1 heterocycles. The minimum absolute atomic E-state index is 0.0516. The van der Waals surface area contributed by atoms with E-state index in [-0.39, 0.29) is 40.0 Å². The van der Waals surface area contributed by atoms with Gasteiger partial charge in [-0.25, -0.2) is 4.68 Å². The molecule has 2 N–H and O–H groups in total. The van der Waals surface area contributed by atoms with Crippen LogP contribution in [0.2, 0.25) is 0 Å². The number of fused-ring (bicyclic) bond motifs is 1. The molecule has 0 aliphatic rings. The summed E-state index contributed by atoms with van der Waals surface area (Å²) in [5, 5.41) is 4.68. The lowest BCUT2D eigenvalue weighted by Crippen LogP contribution is -2.42. The van der Waals surface area contributed by atoms with Crippen molar-refractivity contribution in [1.29, 1.82) is 0 Å². The second-order valence-electron chi connectivity index (χ2n) is 6.00. The molecule has 2 aromatic carbocycles. The molecule has 0 atom stereocenters. The monoisotopic (exact) mass is 436 g/mol. The van der Waals surface area contributed by atoms with Gasteiger partial charge in [-0.15, -0.1) is 0 Å². The summed E-state index contributed by atoms with van der Waals surface area (Å²) < 4.78 is 38.2. The van der Waals surface area contributed by atoms with Crippen LogP contribution in [0.25, 0.3) is 10.8 Å². The normalized spacial score (nSPS) is 11.3. The number of thioether (sulfide) groups is 1. The first kappa shape index (κ1) is 21.4. The molecular weight excluding hydrogens is 421 g/mol. The molecular formula is C19H15F3N4O3S. The van der Waals surface area contributed by atoms with Gasteiger partial charge in [0.1, 0.15) is 0 Å². The van der Waals surface area contributed by atoms with Gasteiger partial charge in [-0.2, -0.15) is 18.3 Å². The van der Waals surface area contributed by atoms with Gasteiger partial charge < -0.3 is 0 Å². The van der Waals surface area contributed by atoms with E-state index >= 15 is 0 Å². The molecule has 7 nitrogen and oxygen atoms in total. The number of carbonyl (C=O) groups is 2. The number of nitrogens with one attached hydrogen (secondary N) is 2. The topological polar surface area (TPSA) is 93.1 Å². The van der Waals surface area contributed by atoms with Crippen LogP contribution < -0.4 is 16.4 Å². The van der Waals surface area contributed by atoms with Crippen LogP contribution in [0, 0.1) is 0 Å². The Kier molecular flexibility index (Phi) is 6.11. The molecule has 0 saturated heterocycles. The number of halogens is 3. The van der Waals surface area contributed by atoms with Gasteiger partial charge in [0.2, 0.25) is 0 Å². The summed E-state index contributed by atoms with van der Waals surface area (Å²) in [6.07, 6.45) is 0. The third-order valence-corrected chi connectivity index (χ3v) is 4.76. The molecule has 0 saturated carbocycles. The van der Waals surface area contributed by atoms with Crippen LogP contribution in [0.3, 0.4) is 0 Å². The summed E-state index contributed by atoms with van der Waals surface area (Å²) >= 11 is -0.295. The first-order valence-corrected chi connectivity index (χ1v) is 9.47. The Morgan fingerprint density at radius 2 is 1.60 bits per heavy atom. The molecule has 0 aliphatic carbocycles. The van der Waals surface area contributed by atoms with Crippen molar-refractivity contribution < 1.29 is 22.8 Å². The quantitative estimate of drug-likeness (QED) is 0.484. The minimum atomic E-state index is -4.43. The first-order chi connectivity index (χ1) is 14.2. The highest BCUT2D eigenvalue weighted by Crippen LogP contribution is 2.36. The zero-order valence-electron chi connectivity index (χ0n) is 15.5. The molecule has 30 heavy (non-hydrogen) atoms. The second-order valence-corrected chi connectivity index (χ2v) is 7.13. The van der Waals surface area contributed by atoms with Gasteiger partial charge in [0.25, 0.3) is 17.4 Å². The van der Waals surface area contributed by atoms with Crippen molar-refractivity contribution in [1.82, 2.24) is 20.6 Å². The van der Waals surface area contributed by atoms with E-state index in [1.165, 1.54) is 12.1 Å². The van der Waals surface area contributed by atoms with Crippen LogP contribution in [0.5, 0.6) is 0 Å². The predicted octanol–water partition coefficient (Wildman–Crippen LogP) is 3.10. The fraction of sp³-hybridized carbons (Fsp3) is 0.158.